The molecule has 0 spiro atoms. The van der Waals surface area contributed by atoms with E-state index in [1.807, 2.05) is 6.07 Å². The van der Waals surface area contributed by atoms with Crippen LogP contribution in [-0.2, 0) is 5.41 Å². The van der Waals surface area contributed by atoms with Gasteiger partial charge in [0.2, 0.25) is 6.79 Å². The molecule has 1 aliphatic carbocycles. The zero-order chi connectivity index (χ0) is 12.9. The molecule has 0 radical (unpaired) electrons. The number of ether oxygens (including phenoxy) is 2. The third-order valence-corrected chi connectivity index (χ3v) is 4.31. The Morgan fingerprint density at radius 3 is 2.56 bits per heavy atom. The van der Waals surface area contributed by atoms with E-state index in [-0.39, 0.29) is 12.2 Å². The molecule has 0 saturated heterocycles. The minimum Gasteiger partial charge on any atom is -0.453 e. The maximum atomic E-state index is 6.30. The van der Waals surface area contributed by atoms with Crippen molar-refractivity contribution in [2.45, 2.75) is 38.0 Å². The molecule has 1 fully saturated rings. The lowest BCUT2D eigenvalue weighted by atomic mass is 9.85. The smallest absolute Gasteiger partial charge is 0.231 e. The van der Waals surface area contributed by atoms with E-state index in [1.54, 1.807) is 0 Å². The van der Waals surface area contributed by atoms with Crippen LogP contribution < -0.4 is 15.2 Å². The first kappa shape index (κ1) is 12.1. The summed E-state index contributed by atoms with van der Waals surface area (Å²) in [6.45, 7) is 5.26. The molecule has 3 rings (SSSR count). The van der Waals surface area contributed by atoms with Gasteiger partial charge in [-0.2, -0.15) is 0 Å². The van der Waals surface area contributed by atoms with Crippen molar-refractivity contribution < 1.29 is 9.47 Å². The predicted octanol–water partition coefficient (Wildman–Crippen LogP) is 3.18. The molecule has 2 aliphatic rings. The van der Waals surface area contributed by atoms with E-state index in [1.165, 1.54) is 11.1 Å². The Balaban J connectivity index is 2.22. The van der Waals surface area contributed by atoms with Gasteiger partial charge in [-0.3, -0.25) is 0 Å². The molecule has 0 unspecified atom stereocenters. The first-order valence-corrected chi connectivity index (χ1v) is 6.79. The number of fused-ring (bicyclic) bond motifs is 1. The van der Waals surface area contributed by atoms with Crippen molar-refractivity contribution in [1.29, 1.82) is 0 Å². The number of nitrogens with two attached hydrogens (primary N) is 1. The van der Waals surface area contributed by atoms with Crippen LogP contribution in [0.1, 0.15) is 43.7 Å². The zero-order valence-corrected chi connectivity index (χ0v) is 11.5. The van der Waals surface area contributed by atoms with Gasteiger partial charge in [0.05, 0.1) is 5.02 Å². The van der Waals surface area contributed by atoms with E-state index < -0.39 is 0 Å². The number of hydrogen-bond donors (Lipinski definition) is 1. The minimum absolute atomic E-state index is 0.115. The summed E-state index contributed by atoms with van der Waals surface area (Å²) in [5, 5.41) is 0.640. The maximum absolute atomic E-state index is 6.30. The van der Waals surface area contributed by atoms with E-state index in [4.69, 9.17) is 26.8 Å². The normalized spacial score (nSPS) is 19.4. The van der Waals surface area contributed by atoms with Crippen molar-refractivity contribution in [1.82, 2.24) is 0 Å². The quantitative estimate of drug-likeness (QED) is 0.915. The molecule has 1 aliphatic heterocycles. The van der Waals surface area contributed by atoms with E-state index in [2.05, 4.69) is 13.8 Å². The lowest BCUT2D eigenvalue weighted by Crippen LogP contribution is -2.22. The van der Waals surface area contributed by atoms with Crippen LogP contribution in [-0.4, -0.2) is 13.3 Å². The van der Waals surface area contributed by atoms with Gasteiger partial charge in [-0.1, -0.05) is 25.4 Å². The van der Waals surface area contributed by atoms with E-state index in [0.717, 1.165) is 18.6 Å². The predicted molar refractivity (Wildman–Crippen MR) is 71.6 cm³/mol. The fourth-order valence-electron chi connectivity index (χ4n) is 2.79. The maximum Gasteiger partial charge on any atom is 0.231 e. The number of benzene rings is 1. The zero-order valence-electron chi connectivity index (χ0n) is 10.8. The molecule has 4 heteroatoms. The number of halogens is 1. The van der Waals surface area contributed by atoms with E-state index in [0.29, 0.717) is 23.2 Å². The summed E-state index contributed by atoms with van der Waals surface area (Å²) in [5.74, 6) is 1.89. The Hall–Kier alpha value is -0.930. The monoisotopic (exact) mass is 267 g/mol. The van der Waals surface area contributed by atoms with Crippen LogP contribution >= 0.6 is 11.6 Å². The molecular formula is C14H18ClNO2. The second-order valence-electron chi connectivity index (χ2n) is 5.52. The first-order chi connectivity index (χ1) is 8.59. The topological polar surface area (TPSA) is 44.5 Å². The summed E-state index contributed by atoms with van der Waals surface area (Å²) in [7, 11) is 0. The van der Waals surface area contributed by atoms with Gasteiger partial charge in [0.15, 0.2) is 11.5 Å². The molecule has 1 heterocycles. The van der Waals surface area contributed by atoms with Gasteiger partial charge >= 0.3 is 0 Å². The molecule has 1 aromatic carbocycles. The molecule has 0 atom stereocenters. The average Bonchev–Trinajstić information content (AvgIpc) is 2.98. The highest BCUT2D eigenvalue weighted by molar-refractivity contribution is 6.32. The van der Waals surface area contributed by atoms with Crippen molar-refractivity contribution in [3.63, 3.8) is 0 Å². The van der Waals surface area contributed by atoms with Gasteiger partial charge < -0.3 is 15.2 Å². The number of rotatable bonds is 3. The SMILES string of the molecule is CC(C)c1c(C2(CN)CC2)cc(Cl)c2c1OCO2. The van der Waals surface area contributed by atoms with Gasteiger partial charge in [0, 0.05) is 17.5 Å². The highest BCUT2D eigenvalue weighted by atomic mass is 35.5. The molecule has 0 bridgehead atoms. The van der Waals surface area contributed by atoms with Gasteiger partial charge in [0.25, 0.3) is 0 Å². The van der Waals surface area contributed by atoms with Crippen molar-refractivity contribution in [2.24, 2.45) is 5.73 Å². The second kappa shape index (κ2) is 4.04. The Labute approximate surface area is 112 Å². The van der Waals surface area contributed by atoms with Gasteiger partial charge in [0.1, 0.15) is 0 Å². The van der Waals surface area contributed by atoms with Crippen LogP contribution in [0.5, 0.6) is 11.5 Å². The van der Waals surface area contributed by atoms with Gasteiger partial charge in [-0.25, -0.2) is 0 Å². The number of hydrogen-bond acceptors (Lipinski definition) is 3. The lowest BCUT2D eigenvalue weighted by molar-refractivity contribution is 0.173. The Morgan fingerprint density at radius 1 is 1.33 bits per heavy atom. The minimum atomic E-state index is 0.115. The van der Waals surface area contributed by atoms with Crippen LogP contribution in [0.15, 0.2) is 6.07 Å². The van der Waals surface area contributed by atoms with Crippen LogP contribution in [0.2, 0.25) is 5.02 Å². The molecule has 1 aromatic rings. The van der Waals surface area contributed by atoms with Gasteiger partial charge in [-0.15, -0.1) is 0 Å². The summed E-state index contributed by atoms with van der Waals surface area (Å²) in [6, 6.07) is 2.03. The fraction of sp³-hybridized carbons (Fsp3) is 0.571. The summed E-state index contributed by atoms with van der Waals surface area (Å²) < 4.78 is 11.1. The van der Waals surface area contributed by atoms with Crippen molar-refractivity contribution >= 4 is 11.6 Å². The Morgan fingerprint density at radius 2 is 2.00 bits per heavy atom. The lowest BCUT2D eigenvalue weighted by Gasteiger charge is -2.22. The average molecular weight is 268 g/mol. The van der Waals surface area contributed by atoms with Crippen molar-refractivity contribution in [3.8, 4) is 11.5 Å². The third kappa shape index (κ3) is 1.61. The summed E-state index contributed by atoms with van der Waals surface area (Å²) >= 11 is 6.30. The van der Waals surface area contributed by atoms with Crippen LogP contribution in [0.4, 0.5) is 0 Å². The van der Waals surface area contributed by atoms with Crippen molar-refractivity contribution in [3.05, 3.63) is 22.2 Å². The van der Waals surface area contributed by atoms with E-state index >= 15 is 0 Å². The molecule has 1 saturated carbocycles. The van der Waals surface area contributed by atoms with Gasteiger partial charge in [-0.05, 0) is 30.4 Å². The largest absolute Gasteiger partial charge is 0.453 e. The molecule has 3 nitrogen and oxygen atoms in total. The van der Waals surface area contributed by atoms with Crippen LogP contribution in [0.25, 0.3) is 0 Å². The summed E-state index contributed by atoms with van der Waals surface area (Å²) in [4.78, 5) is 0. The molecule has 18 heavy (non-hydrogen) atoms. The highest BCUT2D eigenvalue weighted by Gasteiger charge is 2.46. The molecule has 0 aromatic heterocycles. The fourth-order valence-corrected chi connectivity index (χ4v) is 3.04. The Bertz CT molecular complexity index is 495. The summed E-state index contributed by atoms with van der Waals surface area (Å²) in [6.07, 6.45) is 2.28. The van der Waals surface area contributed by atoms with Crippen molar-refractivity contribution in [2.75, 3.05) is 13.3 Å². The molecule has 98 valence electrons. The second-order valence-corrected chi connectivity index (χ2v) is 5.93. The highest BCUT2D eigenvalue weighted by Crippen LogP contribution is 2.55. The standard InChI is InChI=1S/C14H18ClNO2/c1-8(2)11-9(14(6-16)3-4-14)5-10(15)12-13(11)18-7-17-12/h5,8H,3-4,6-7,16H2,1-2H3. The van der Waals surface area contributed by atoms with E-state index in [9.17, 15) is 0 Å². The summed E-state index contributed by atoms with van der Waals surface area (Å²) in [5.41, 5.74) is 8.54. The molecule has 2 N–H and O–H groups in total. The molecular weight excluding hydrogens is 250 g/mol. The van der Waals surface area contributed by atoms with Crippen LogP contribution in [0, 0.1) is 0 Å². The first-order valence-electron chi connectivity index (χ1n) is 6.41. The Kier molecular flexibility index (Phi) is 2.72. The molecule has 0 amide bonds. The third-order valence-electron chi connectivity index (χ3n) is 4.03. The van der Waals surface area contributed by atoms with Crippen LogP contribution in [0.3, 0.4) is 0 Å².